The van der Waals surface area contributed by atoms with Crippen molar-refractivity contribution in [2.75, 3.05) is 26.2 Å². The number of nitrogens with zero attached hydrogens (tertiary/aromatic N) is 1. The van der Waals surface area contributed by atoms with Crippen LogP contribution < -0.4 is 5.73 Å². The fourth-order valence-corrected chi connectivity index (χ4v) is 1.50. The topological polar surface area (TPSA) is 46.3 Å². The lowest BCUT2D eigenvalue weighted by Crippen LogP contribution is -2.37. The molecule has 64 valence electrons. The standard InChI is InChI=1S/C8H16N2O/c9-3-6-10-4-1-8(7-11)2-5-10/h7-8H,1-6,9H2. The third kappa shape index (κ3) is 2.60. The zero-order valence-electron chi connectivity index (χ0n) is 6.83. The van der Waals surface area contributed by atoms with Crippen molar-refractivity contribution in [2.45, 2.75) is 12.8 Å². The van der Waals surface area contributed by atoms with Gasteiger partial charge < -0.3 is 15.4 Å². The van der Waals surface area contributed by atoms with Crippen LogP contribution in [0.4, 0.5) is 0 Å². The molecule has 0 amide bonds. The minimum absolute atomic E-state index is 0.309. The molecule has 0 spiro atoms. The third-order valence-corrected chi connectivity index (χ3v) is 2.27. The molecule has 1 heterocycles. The SMILES string of the molecule is NCCN1CCC(C=O)CC1. The summed E-state index contributed by atoms with van der Waals surface area (Å²) in [4.78, 5) is 12.7. The lowest BCUT2D eigenvalue weighted by atomic mass is 9.99. The van der Waals surface area contributed by atoms with Crippen molar-refractivity contribution in [3.8, 4) is 0 Å². The van der Waals surface area contributed by atoms with Gasteiger partial charge in [0.1, 0.15) is 6.29 Å². The molecule has 0 aromatic heterocycles. The van der Waals surface area contributed by atoms with Gasteiger partial charge in [0.15, 0.2) is 0 Å². The highest BCUT2D eigenvalue weighted by Crippen LogP contribution is 2.13. The third-order valence-electron chi connectivity index (χ3n) is 2.27. The van der Waals surface area contributed by atoms with E-state index in [1.807, 2.05) is 0 Å². The van der Waals surface area contributed by atoms with Crippen LogP contribution in [0.2, 0.25) is 0 Å². The number of piperidine rings is 1. The van der Waals surface area contributed by atoms with E-state index >= 15 is 0 Å². The number of nitrogens with two attached hydrogens (primary N) is 1. The summed E-state index contributed by atoms with van der Waals surface area (Å²) in [7, 11) is 0. The lowest BCUT2D eigenvalue weighted by Gasteiger charge is -2.28. The molecule has 0 bridgehead atoms. The van der Waals surface area contributed by atoms with E-state index in [1.165, 1.54) is 0 Å². The summed E-state index contributed by atoms with van der Waals surface area (Å²) in [6, 6.07) is 0. The maximum absolute atomic E-state index is 10.4. The first kappa shape index (κ1) is 8.68. The second kappa shape index (κ2) is 4.46. The molecule has 0 atom stereocenters. The number of hydrogen-bond acceptors (Lipinski definition) is 3. The quantitative estimate of drug-likeness (QED) is 0.578. The Morgan fingerprint density at radius 1 is 1.45 bits per heavy atom. The van der Waals surface area contributed by atoms with Gasteiger partial charge in [0.25, 0.3) is 0 Å². The molecule has 0 aromatic carbocycles. The Kier molecular flexibility index (Phi) is 3.52. The average molecular weight is 156 g/mol. The summed E-state index contributed by atoms with van der Waals surface area (Å²) in [5.41, 5.74) is 5.42. The maximum Gasteiger partial charge on any atom is 0.123 e. The van der Waals surface area contributed by atoms with Gasteiger partial charge in [-0.1, -0.05) is 0 Å². The Labute approximate surface area is 67.5 Å². The first-order valence-electron chi connectivity index (χ1n) is 4.24. The Bertz CT molecular complexity index is 119. The Morgan fingerprint density at radius 3 is 2.55 bits per heavy atom. The largest absolute Gasteiger partial charge is 0.329 e. The van der Waals surface area contributed by atoms with E-state index in [-0.39, 0.29) is 0 Å². The van der Waals surface area contributed by atoms with Gasteiger partial charge in [-0.25, -0.2) is 0 Å². The molecule has 1 fully saturated rings. The van der Waals surface area contributed by atoms with Gasteiger partial charge in [-0.3, -0.25) is 0 Å². The van der Waals surface area contributed by atoms with E-state index in [4.69, 9.17) is 5.73 Å². The number of aldehydes is 1. The molecule has 11 heavy (non-hydrogen) atoms. The summed E-state index contributed by atoms with van der Waals surface area (Å²) in [6.07, 6.45) is 3.12. The van der Waals surface area contributed by atoms with Crippen LogP contribution in [0.3, 0.4) is 0 Å². The summed E-state index contributed by atoms with van der Waals surface area (Å²) in [5, 5.41) is 0. The highest BCUT2D eigenvalue weighted by molar-refractivity contribution is 5.53. The Balaban J connectivity index is 2.18. The van der Waals surface area contributed by atoms with Crippen LogP contribution in [-0.4, -0.2) is 37.4 Å². The van der Waals surface area contributed by atoms with Crippen molar-refractivity contribution in [3.63, 3.8) is 0 Å². The number of rotatable bonds is 3. The molecule has 1 aliphatic rings. The van der Waals surface area contributed by atoms with Gasteiger partial charge in [-0.05, 0) is 25.9 Å². The van der Waals surface area contributed by atoms with Crippen LogP contribution in [0, 0.1) is 5.92 Å². The second-order valence-corrected chi connectivity index (χ2v) is 3.10. The van der Waals surface area contributed by atoms with Crippen LogP contribution in [0.15, 0.2) is 0 Å². The number of hydrogen-bond donors (Lipinski definition) is 1. The minimum atomic E-state index is 0.309. The van der Waals surface area contributed by atoms with Crippen LogP contribution in [0.5, 0.6) is 0 Å². The molecule has 1 aliphatic heterocycles. The summed E-state index contributed by atoms with van der Waals surface area (Å²) >= 11 is 0. The van der Waals surface area contributed by atoms with E-state index in [9.17, 15) is 4.79 Å². The van der Waals surface area contributed by atoms with Crippen molar-refractivity contribution in [1.29, 1.82) is 0 Å². The van der Waals surface area contributed by atoms with Crippen molar-refractivity contribution in [1.82, 2.24) is 4.90 Å². The molecule has 3 nitrogen and oxygen atoms in total. The molecule has 0 aromatic rings. The first-order chi connectivity index (χ1) is 5.36. The van der Waals surface area contributed by atoms with E-state index in [2.05, 4.69) is 4.90 Å². The monoisotopic (exact) mass is 156 g/mol. The maximum atomic E-state index is 10.4. The smallest absolute Gasteiger partial charge is 0.123 e. The van der Waals surface area contributed by atoms with Gasteiger partial charge >= 0.3 is 0 Å². The van der Waals surface area contributed by atoms with Crippen LogP contribution >= 0.6 is 0 Å². The number of carbonyl (C=O) groups excluding carboxylic acids is 1. The second-order valence-electron chi connectivity index (χ2n) is 3.10. The molecule has 1 saturated heterocycles. The van der Waals surface area contributed by atoms with Crippen molar-refractivity contribution in [3.05, 3.63) is 0 Å². The highest BCUT2D eigenvalue weighted by Gasteiger charge is 2.17. The molecule has 0 saturated carbocycles. The average Bonchev–Trinajstić information content (AvgIpc) is 2.07. The van der Waals surface area contributed by atoms with Gasteiger partial charge in [0.2, 0.25) is 0 Å². The van der Waals surface area contributed by atoms with Gasteiger partial charge in [-0.2, -0.15) is 0 Å². The summed E-state index contributed by atoms with van der Waals surface area (Å²) in [6.45, 7) is 3.79. The molecule has 0 radical (unpaired) electrons. The van der Waals surface area contributed by atoms with Crippen LogP contribution in [0.25, 0.3) is 0 Å². The molecule has 0 aliphatic carbocycles. The summed E-state index contributed by atoms with van der Waals surface area (Å²) < 4.78 is 0. The molecular formula is C8H16N2O. The molecule has 3 heteroatoms. The van der Waals surface area contributed by atoms with E-state index in [0.29, 0.717) is 5.92 Å². The number of carbonyl (C=O) groups is 1. The van der Waals surface area contributed by atoms with Crippen molar-refractivity contribution < 1.29 is 4.79 Å². The lowest BCUT2D eigenvalue weighted by molar-refractivity contribution is -0.112. The minimum Gasteiger partial charge on any atom is -0.329 e. The fraction of sp³-hybridized carbons (Fsp3) is 0.875. The molecule has 0 unspecified atom stereocenters. The first-order valence-corrected chi connectivity index (χ1v) is 4.24. The molecular weight excluding hydrogens is 140 g/mol. The molecule has 2 N–H and O–H groups in total. The van der Waals surface area contributed by atoms with Crippen molar-refractivity contribution >= 4 is 6.29 Å². The fourth-order valence-electron chi connectivity index (χ4n) is 1.50. The zero-order chi connectivity index (χ0) is 8.10. The molecule has 1 rings (SSSR count). The predicted molar refractivity (Wildman–Crippen MR) is 44.3 cm³/mol. The van der Waals surface area contributed by atoms with Crippen LogP contribution in [-0.2, 0) is 4.79 Å². The Hall–Kier alpha value is -0.410. The van der Waals surface area contributed by atoms with Crippen LogP contribution in [0.1, 0.15) is 12.8 Å². The van der Waals surface area contributed by atoms with E-state index in [1.54, 1.807) is 0 Å². The van der Waals surface area contributed by atoms with E-state index < -0.39 is 0 Å². The number of likely N-dealkylation sites (tertiary alicyclic amines) is 1. The van der Waals surface area contributed by atoms with E-state index in [0.717, 1.165) is 45.3 Å². The van der Waals surface area contributed by atoms with Gasteiger partial charge in [0, 0.05) is 19.0 Å². The normalized spacial score (nSPS) is 21.9. The summed E-state index contributed by atoms with van der Waals surface area (Å²) in [5.74, 6) is 0.309. The van der Waals surface area contributed by atoms with Gasteiger partial charge in [0.05, 0.1) is 0 Å². The highest BCUT2D eigenvalue weighted by atomic mass is 16.1. The van der Waals surface area contributed by atoms with Gasteiger partial charge in [-0.15, -0.1) is 0 Å². The Morgan fingerprint density at radius 2 is 2.09 bits per heavy atom. The zero-order valence-corrected chi connectivity index (χ0v) is 6.83. The van der Waals surface area contributed by atoms with Crippen molar-refractivity contribution in [2.24, 2.45) is 11.7 Å². The predicted octanol–water partition coefficient (Wildman–Crippen LogP) is -0.144.